The Bertz CT molecular complexity index is 812. The van der Waals surface area contributed by atoms with Gasteiger partial charge < -0.3 is 0 Å². The smallest absolute Gasteiger partial charge is 0.261 e. The molecule has 4 nitrogen and oxygen atoms in total. The van der Waals surface area contributed by atoms with Gasteiger partial charge in [-0.05, 0) is 54.4 Å². The van der Waals surface area contributed by atoms with E-state index in [0.717, 1.165) is 5.56 Å². The molecule has 0 atom stereocenters. The Morgan fingerprint density at radius 3 is 2.45 bits per heavy atom. The fraction of sp³-hybridized carbons (Fsp3) is 0.0625. The predicted molar refractivity (Wildman–Crippen MR) is 88.3 cm³/mol. The van der Waals surface area contributed by atoms with E-state index in [1.54, 1.807) is 24.3 Å². The van der Waals surface area contributed by atoms with Gasteiger partial charge in [-0.3, -0.25) is 9.52 Å². The molecular formula is C16H14ClNO3S. The molecule has 0 bridgehead atoms. The van der Waals surface area contributed by atoms with E-state index >= 15 is 0 Å². The summed E-state index contributed by atoms with van der Waals surface area (Å²) in [6.45, 7) is 1.92. The number of nitrogens with one attached hydrogen (secondary N) is 1. The van der Waals surface area contributed by atoms with Crippen LogP contribution >= 0.6 is 11.6 Å². The SMILES string of the molecule is Cc1ccc(NS(=O)(=O)c2cccc(C=CC(=O)Cl)c2)cc1. The van der Waals surface area contributed by atoms with Crippen LogP contribution in [-0.2, 0) is 14.8 Å². The van der Waals surface area contributed by atoms with Crippen LogP contribution in [0.1, 0.15) is 11.1 Å². The highest BCUT2D eigenvalue weighted by Crippen LogP contribution is 2.18. The molecule has 0 radical (unpaired) electrons. The minimum Gasteiger partial charge on any atom is -0.280 e. The molecule has 0 unspecified atom stereocenters. The van der Waals surface area contributed by atoms with Gasteiger partial charge in [-0.15, -0.1) is 0 Å². The molecule has 0 spiro atoms. The van der Waals surface area contributed by atoms with Gasteiger partial charge in [0, 0.05) is 5.69 Å². The van der Waals surface area contributed by atoms with Gasteiger partial charge in [0.1, 0.15) is 0 Å². The van der Waals surface area contributed by atoms with Crippen LogP contribution in [0, 0.1) is 6.92 Å². The first kappa shape index (κ1) is 16.3. The maximum atomic E-state index is 12.3. The lowest BCUT2D eigenvalue weighted by Crippen LogP contribution is -2.12. The van der Waals surface area contributed by atoms with Gasteiger partial charge in [0.25, 0.3) is 10.0 Å². The number of rotatable bonds is 5. The Morgan fingerprint density at radius 2 is 1.82 bits per heavy atom. The topological polar surface area (TPSA) is 63.2 Å². The lowest BCUT2D eigenvalue weighted by molar-refractivity contribution is -0.107. The molecule has 6 heteroatoms. The molecule has 0 amide bonds. The number of halogens is 1. The molecule has 1 N–H and O–H groups in total. The second-order valence-electron chi connectivity index (χ2n) is 4.68. The molecule has 0 fully saturated rings. The fourth-order valence-electron chi connectivity index (χ4n) is 1.78. The van der Waals surface area contributed by atoms with Crippen molar-refractivity contribution in [1.29, 1.82) is 0 Å². The van der Waals surface area contributed by atoms with E-state index < -0.39 is 15.3 Å². The van der Waals surface area contributed by atoms with E-state index in [9.17, 15) is 13.2 Å². The summed E-state index contributed by atoms with van der Waals surface area (Å²) in [5.41, 5.74) is 2.10. The highest BCUT2D eigenvalue weighted by atomic mass is 35.5. The number of allylic oxidation sites excluding steroid dienone is 1. The van der Waals surface area contributed by atoms with Gasteiger partial charge >= 0.3 is 0 Å². The van der Waals surface area contributed by atoms with Crippen LogP contribution in [0.25, 0.3) is 6.08 Å². The summed E-state index contributed by atoms with van der Waals surface area (Å²) < 4.78 is 27.2. The number of aryl methyl sites for hydroxylation is 1. The minimum atomic E-state index is -3.69. The Balaban J connectivity index is 2.27. The van der Waals surface area contributed by atoms with Gasteiger partial charge in [-0.1, -0.05) is 35.9 Å². The Kier molecular flexibility index (Phi) is 5.00. The van der Waals surface area contributed by atoms with Gasteiger partial charge in [-0.25, -0.2) is 8.42 Å². The molecule has 0 aliphatic carbocycles. The predicted octanol–water partition coefficient (Wildman–Crippen LogP) is 3.57. The molecule has 0 aliphatic rings. The summed E-state index contributed by atoms with van der Waals surface area (Å²) in [6, 6.07) is 13.3. The molecule has 0 aromatic heterocycles. The van der Waals surface area contributed by atoms with Crippen LogP contribution in [-0.4, -0.2) is 13.7 Å². The summed E-state index contributed by atoms with van der Waals surface area (Å²) in [7, 11) is -3.69. The molecule has 0 saturated heterocycles. The maximum Gasteiger partial charge on any atom is 0.261 e. The third-order valence-corrected chi connectivity index (χ3v) is 4.38. The number of hydrogen-bond acceptors (Lipinski definition) is 3. The summed E-state index contributed by atoms with van der Waals surface area (Å²) in [5, 5.41) is -0.619. The van der Waals surface area contributed by atoms with Crippen LogP contribution in [0.3, 0.4) is 0 Å². The first-order valence-electron chi connectivity index (χ1n) is 6.44. The van der Waals surface area contributed by atoms with Crippen molar-refractivity contribution in [2.75, 3.05) is 4.72 Å². The van der Waals surface area contributed by atoms with Crippen molar-refractivity contribution in [2.45, 2.75) is 11.8 Å². The molecule has 2 rings (SSSR count). The highest BCUT2D eigenvalue weighted by molar-refractivity contribution is 7.92. The maximum absolute atomic E-state index is 12.3. The zero-order valence-electron chi connectivity index (χ0n) is 11.8. The molecule has 2 aromatic rings. The first-order valence-corrected chi connectivity index (χ1v) is 8.30. The van der Waals surface area contributed by atoms with E-state index in [1.165, 1.54) is 24.3 Å². The number of carbonyl (C=O) groups is 1. The summed E-state index contributed by atoms with van der Waals surface area (Å²) in [6.07, 6.45) is 2.63. The number of anilines is 1. The summed E-state index contributed by atoms with van der Waals surface area (Å²) >= 11 is 5.22. The third kappa shape index (κ3) is 4.44. The quantitative estimate of drug-likeness (QED) is 0.671. The van der Waals surface area contributed by atoms with Crippen molar-refractivity contribution in [1.82, 2.24) is 0 Å². The summed E-state index contributed by atoms with van der Waals surface area (Å²) in [4.78, 5) is 10.8. The van der Waals surface area contributed by atoms with Crippen LogP contribution in [0.4, 0.5) is 5.69 Å². The van der Waals surface area contributed by atoms with Crippen molar-refractivity contribution in [3.63, 3.8) is 0 Å². The van der Waals surface area contributed by atoms with E-state index in [2.05, 4.69) is 4.72 Å². The van der Waals surface area contributed by atoms with Crippen LogP contribution in [0.5, 0.6) is 0 Å². The van der Waals surface area contributed by atoms with E-state index in [0.29, 0.717) is 11.3 Å². The molecule has 114 valence electrons. The highest BCUT2D eigenvalue weighted by Gasteiger charge is 2.14. The van der Waals surface area contributed by atoms with Gasteiger partial charge in [0.15, 0.2) is 0 Å². The largest absolute Gasteiger partial charge is 0.280 e. The minimum absolute atomic E-state index is 0.109. The zero-order valence-corrected chi connectivity index (χ0v) is 13.4. The first-order chi connectivity index (χ1) is 10.4. The second kappa shape index (κ2) is 6.77. The molecular weight excluding hydrogens is 322 g/mol. The Hall–Kier alpha value is -2.11. The van der Waals surface area contributed by atoms with Crippen molar-refractivity contribution >= 4 is 38.6 Å². The summed E-state index contributed by atoms with van der Waals surface area (Å²) in [5.74, 6) is 0. The third-order valence-electron chi connectivity index (χ3n) is 2.88. The molecule has 0 heterocycles. The van der Waals surface area contributed by atoms with Crippen molar-refractivity contribution in [3.8, 4) is 0 Å². The average molecular weight is 336 g/mol. The normalized spacial score (nSPS) is 11.5. The van der Waals surface area contributed by atoms with Crippen LogP contribution in [0.2, 0.25) is 0 Å². The molecule has 0 aliphatic heterocycles. The van der Waals surface area contributed by atoms with Crippen molar-refractivity contribution in [3.05, 3.63) is 65.7 Å². The van der Waals surface area contributed by atoms with Gasteiger partial charge in [0.05, 0.1) is 4.90 Å². The molecule has 0 saturated carbocycles. The van der Waals surface area contributed by atoms with E-state index in [4.69, 9.17) is 11.6 Å². The average Bonchev–Trinajstić information content (AvgIpc) is 2.48. The lowest BCUT2D eigenvalue weighted by atomic mass is 10.2. The number of benzene rings is 2. The Morgan fingerprint density at radius 1 is 1.14 bits per heavy atom. The zero-order chi connectivity index (χ0) is 16.2. The molecule has 2 aromatic carbocycles. The van der Waals surface area contributed by atoms with Crippen molar-refractivity contribution in [2.24, 2.45) is 0 Å². The Labute approximate surface area is 134 Å². The van der Waals surface area contributed by atoms with Gasteiger partial charge in [-0.2, -0.15) is 0 Å². The molecule has 22 heavy (non-hydrogen) atoms. The fourth-order valence-corrected chi connectivity index (χ4v) is 2.96. The standard InChI is InChI=1S/C16H14ClNO3S/c1-12-5-8-14(9-6-12)18-22(20,21)15-4-2-3-13(11-15)7-10-16(17)19/h2-11,18H,1H3. The van der Waals surface area contributed by atoms with Crippen LogP contribution in [0.15, 0.2) is 59.5 Å². The van der Waals surface area contributed by atoms with Gasteiger partial charge in [0.2, 0.25) is 5.24 Å². The van der Waals surface area contributed by atoms with Crippen molar-refractivity contribution < 1.29 is 13.2 Å². The van der Waals surface area contributed by atoms with E-state index in [1.807, 2.05) is 19.1 Å². The lowest BCUT2D eigenvalue weighted by Gasteiger charge is -2.09. The number of carbonyl (C=O) groups excluding carboxylic acids is 1. The van der Waals surface area contributed by atoms with E-state index in [-0.39, 0.29) is 4.90 Å². The monoisotopic (exact) mass is 335 g/mol. The second-order valence-corrected chi connectivity index (χ2v) is 6.74. The number of hydrogen-bond donors (Lipinski definition) is 1. The van der Waals surface area contributed by atoms with Crippen LogP contribution < -0.4 is 4.72 Å². The number of sulfonamides is 1.